The van der Waals surface area contributed by atoms with Crippen LogP contribution in [0.5, 0.6) is 0 Å². The van der Waals surface area contributed by atoms with Crippen LogP contribution in [0.15, 0.2) is 66.8 Å². The number of halogens is 2. The van der Waals surface area contributed by atoms with E-state index in [0.29, 0.717) is 0 Å². The summed E-state index contributed by atoms with van der Waals surface area (Å²) in [6, 6.07) is 17.9. The summed E-state index contributed by atoms with van der Waals surface area (Å²) >= 11 is 2.22. The van der Waals surface area contributed by atoms with E-state index in [4.69, 9.17) is 0 Å². The Morgan fingerprint density at radius 1 is 0.931 bits per heavy atom. The van der Waals surface area contributed by atoms with E-state index in [1.54, 1.807) is 0 Å². The van der Waals surface area contributed by atoms with Gasteiger partial charge in [-0.1, -0.05) is 0 Å². The monoisotopic (exact) mass is 456 g/mol. The van der Waals surface area contributed by atoms with Crippen LogP contribution in [0.25, 0.3) is 16.3 Å². The predicted molar refractivity (Wildman–Crippen MR) is 113 cm³/mol. The zero-order valence-corrected chi connectivity index (χ0v) is 20.0. The Morgan fingerprint density at radius 3 is 2.28 bits per heavy atom. The van der Waals surface area contributed by atoms with Crippen molar-refractivity contribution in [2.45, 2.75) is 33.7 Å². The van der Waals surface area contributed by atoms with Crippen LogP contribution in [0.2, 0.25) is 0 Å². The van der Waals surface area contributed by atoms with Crippen molar-refractivity contribution >= 4 is 22.0 Å². The van der Waals surface area contributed by atoms with Gasteiger partial charge < -0.3 is 24.8 Å². The minimum atomic E-state index is 0. The number of anilines is 1. The van der Waals surface area contributed by atoms with E-state index in [-0.39, 0.29) is 24.8 Å². The molecule has 0 amide bonds. The Labute approximate surface area is 198 Å². The summed E-state index contributed by atoms with van der Waals surface area (Å²) in [6.45, 7) is 7.52. The van der Waals surface area contributed by atoms with Gasteiger partial charge in [0.05, 0.1) is 0 Å². The normalized spacial score (nSPS) is 12.4. The fraction of sp³-hybridized carbons (Fsp3) is 0.200. The summed E-state index contributed by atoms with van der Waals surface area (Å²) in [7, 11) is 0. The molecule has 0 aromatic heterocycles. The first-order chi connectivity index (χ1) is 13.0. The van der Waals surface area contributed by atoms with Crippen LogP contribution in [-0.4, -0.2) is 0 Å². The van der Waals surface area contributed by atoms with Gasteiger partial charge in [0, 0.05) is 0 Å². The molecule has 0 aliphatic heterocycles. The van der Waals surface area contributed by atoms with Gasteiger partial charge in [-0.05, 0) is 0 Å². The number of aryl methyl sites for hydroxylation is 3. The van der Waals surface area contributed by atoms with E-state index >= 15 is 0 Å². The second kappa shape index (κ2) is 10.0. The third kappa shape index (κ3) is 4.81. The third-order valence-electron chi connectivity index (χ3n) is 5.38. The molecule has 0 saturated carbocycles. The Hall–Kier alpha value is -1.51. The maximum Gasteiger partial charge on any atom is -1.00 e. The zero-order chi connectivity index (χ0) is 19.0. The maximum atomic E-state index is 2.42. The largest absolute Gasteiger partial charge is 1.00 e. The van der Waals surface area contributed by atoms with E-state index in [1.165, 1.54) is 49.9 Å². The zero-order valence-electron chi connectivity index (χ0n) is 17.0. The second-order valence-corrected chi connectivity index (χ2v) is 8.31. The van der Waals surface area contributed by atoms with Gasteiger partial charge in [0.15, 0.2) is 0 Å². The molecule has 0 atom stereocenters. The number of allylic oxidation sites excluding steroid dienone is 4. The molecule has 1 aliphatic carbocycles. The maximum absolute atomic E-state index is 2.42. The van der Waals surface area contributed by atoms with E-state index in [0.717, 1.165) is 13.0 Å². The Bertz CT molecular complexity index is 1060. The quantitative estimate of drug-likeness (QED) is 0.519. The van der Waals surface area contributed by atoms with E-state index in [1.807, 2.05) is 0 Å². The molecule has 1 nitrogen and oxygen atoms in total. The SMILES string of the molecule is Cc1cc(C)c([N]([Ti+2])Cc2c(C3=CC=CC3)ccc3ccccc23)c(C)c1.[Cl-].[Cl-]. The second-order valence-electron chi connectivity index (χ2n) is 7.47. The molecular formula is C25H24Cl2NTi. The van der Waals surface area contributed by atoms with Gasteiger partial charge in [-0.3, -0.25) is 0 Å². The van der Waals surface area contributed by atoms with Crippen molar-refractivity contribution in [1.29, 1.82) is 0 Å². The molecule has 3 aromatic rings. The van der Waals surface area contributed by atoms with E-state index in [9.17, 15) is 0 Å². The first-order valence-electron chi connectivity index (χ1n) is 9.48. The van der Waals surface area contributed by atoms with Crippen molar-refractivity contribution < 1.29 is 45.5 Å². The van der Waals surface area contributed by atoms with Gasteiger partial charge in [0.1, 0.15) is 0 Å². The molecule has 0 fully saturated rings. The van der Waals surface area contributed by atoms with Crippen LogP contribution in [-0.2, 0) is 27.2 Å². The fourth-order valence-electron chi connectivity index (χ4n) is 4.29. The molecule has 29 heavy (non-hydrogen) atoms. The Balaban J connectivity index is 0.00000150. The number of fused-ring (bicyclic) bond motifs is 1. The summed E-state index contributed by atoms with van der Waals surface area (Å²) in [4.78, 5) is 0. The molecule has 4 rings (SSSR count). The van der Waals surface area contributed by atoms with Crippen molar-refractivity contribution in [1.82, 2.24) is 0 Å². The summed E-state index contributed by atoms with van der Waals surface area (Å²) < 4.78 is 2.42. The fourth-order valence-corrected chi connectivity index (χ4v) is 5.09. The van der Waals surface area contributed by atoms with Crippen molar-refractivity contribution in [2.24, 2.45) is 0 Å². The van der Waals surface area contributed by atoms with Gasteiger partial charge in [0.25, 0.3) is 0 Å². The molecular weight excluding hydrogens is 433 g/mol. The molecule has 0 N–H and O–H groups in total. The molecule has 1 aliphatic rings. The molecule has 0 saturated heterocycles. The smallest absolute Gasteiger partial charge is 1.00 e. The van der Waals surface area contributed by atoms with Crippen molar-refractivity contribution in [3.63, 3.8) is 0 Å². The summed E-state index contributed by atoms with van der Waals surface area (Å²) in [5.41, 5.74) is 9.59. The molecule has 147 valence electrons. The predicted octanol–water partition coefficient (Wildman–Crippen LogP) is 0.585. The van der Waals surface area contributed by atoms with Crippen molar-refractivity contribution in [3.8, 4) is 0 Å². The number of hydrogen-bond acceptors (Lipinski definition) is 1. The first-order valence-corrected chi connectivity index (χ1v) is 10.2. The van der Waals surface area contributed by atoms with Gasteiger partial charge in [-0.15, -0.1) is 0 Å². The molecule has 0 bridgehead atoms. The van der Waals surface area contributed by atoms with Gasteiger partial charge in [0.2, 0.25) is 0 Å². The van der Waals surface area contributed by atoms with Crippen LogP contribution in [0.4, 0.5) is 5.69 Å². The number of hydrogen-bond donors (Lipinski definition) is 0. The standard InChI is InChI=1S/C25H24N.2ClH.Ti/c1-17-14-18(2)25(19(3)15-17)26-16-24-22-11-7-6-10-21(22)12-13-23(24)20-8-4-5-9-20;;;/h4-8,10-15H,9,16H2,1-3H3;2*1H;/q-1;;;+3/p-2. The van der Waals surface area contributed by atoms with E-state index < -0.39 is 0 Å². The molecule has 0 heterocycles. The summed E-state index contributed by atoms with van der Waals surface area (Å²) in [5.74, 6) is 0. The Kier molecular flexibility index (Phi) is 8.20. The van der Waals surface area contributed by atoms with E-state index in [2.05, 4.69) is 112 Å². The molecule has 0 unspecified atom stereocenters. The molecule has 3 aromatic carbocycles. The summed E-state index contributed by atoms with van der Waals surface area (Å²) in [5, 5.41) is 2.67. The first kappa shape index (κ1) is 23.8. The minimum absolute atomic E-state index is 0. The summed E-state index contributed by atoms with van der Waals surface area (Å²) in [6.07, 6.45) is 7.70. The van der Waals surface area contributed by atoms with Crippen molar-refractivity contribution in [2.75, 3.05) is 3.38 Å². The van der Waals surface area contributed by atoms with Crippen LogP contribution in [0.3, 0.4) is 0 Å². The average molecular weight is 457 g/mol. The molecule has 4 heteroatoms. The van der Waals surface area contributed by atoms with Gasteiger partial charge in [-0.25, -0.2) is 0 Å². The molecule has 0 radical (unpaired) electrons. The van der Waals surface area contributed by atoms with Crippen LogP contribution >= 0.6 is 0 Å². The topological polar surface area (TPSA) is 3.24 Å². The van der Waals surface area contributed by atoms with Crippen LogP contribution < -0.4 is 28.2 Å². The average Bonchev–Trinajstić information content (AvgIpc) is 3.15. The number of rotatable bonds is 4. The Morgan fingerprint density at radius 2 is 1.62 bits per heavy atom. The third-order valence-corrected chi connectivity index (χ3v) is 5.98. The van der Waals surface area contributed by atoms with Crippen LogP contribution in [0, 0.1) is 20.8 Å². The van der Waals surface area contributed by atoms with Gasteiger partial charge in [-0.2, -0.15) is 0 Å². The van der Waals surface area contributed by atoms with Crippen LogP contribution in [0.1, 0.15) is 34.2 Å². The molecule has 0 spiro atoms. The minimum Gasteiger partial charge on any atom is -1.00 e. The number of nitrogens with zero attached hydrogens (tertiary/aromatic N) is 1. The van der Waals surface area contributed by atoms with Gasteiger partial charge >= 0.3 is 174 Å². The number of benzene rings is 3. The van der Waals surface area contributed by atoms with Crippen molar-refractivity contribution in [3.05, 3.63) is 94.6 Å².